The minimum Gasteiger partial charge on any atom is -0.322 e. The van der Waals surface area contributed by atoms with Crippen LogP contribution in [0.25, 0.3) is 10.2 Å². The summed E-state index contributed by atoms with van der Waals surface area (Å²) in [5, 5.41) is 2.22. The van der Waals surface area contributed by atoms with Crippen LogP contribution in [0.4, 0.5) is 14.5 Å². The number of hydrogen-bond donors (Lipinski definition) is 1. The van der Waals surface area contributed by atoms with E-state index in [-0.39, 0.29) is 32.6 Å². The second-order valence-electron chi connectivity index (χ2n) is 8.79. The van der Waals surface area contributed by atoms with Gasteiger partial charge in [-0.05, 0) is 37.3 Å². The molecule has 1 aromatic carbocycles. The van der Waals surface area contributed by atoms with Crippen molar-refractivity contribution < 1.29 is 22.0 Å². The molecule has 3 aromatic rings. The van der Waals surface area contributed by atoms with E-state index in [1.165, 1.54) is 4.31 Å². The number of anilines is 1. The third kappa shape index (κ3) is 4.62. The van der Waals surface area contributed by atoms with Gasteiger partial charge < -0.3 is 5.32 Å². The third-order valence-electron chi connectivity index (χ3n) is 5.75. The number of amides is 1. The summed E-state index contributed by atoms with van der Waals surface area (Å²) >= 11 is 1.10. The summed E-state index contributed by atoms with van der Waals surface area (Å²) in [5.41, 5.74) is -0.919. The van der Waals surface area contributed by atoms with Crippen molar-refractivity contribution in [2.45, 2.75) is 38.6 Å². The molecule has 182 valence electrons. The van der Waals surface area contributed by atoms with Gasteiger partial charge in [-0.15, -0.1) is 11.3 Å². The van der Waals surface area contributed by atoms with E-state index in [1.807, 2.05) is 13.8 Å². The molecule has 2 aromatic heterocycles. The summed E-state index contributed by atoms with van der Waals surface area (Å²) < 4.78 is 56.5. The molecule has 4 rings (SSSR count). The number of carbonyl (C=O) groups excluding carboxylic acids is 1. The van der Waals surface area contributed by atoms with E-state index >= 15 is 0 Å². The molecule has 0 aliphatic carbocycles. The van der Waals surface area contributed by atoms with Gasteiger partial charge in [-0.25, -0.2) is 22.2 Å². The van der Waals surface area contributed by atoms with Crippen molar-refractivity contribution in [1.29, 1.82) is 0 Å². The van der Waals surface area contributed by atoms with E-state index < -0.39 is 39.7 Å². The van der Waals surface area contributed by atoms with Crippen molar-refractivity contribution in [1.82, 2.24) is 13.9 Å². The average Bonchev–Trinajstić information content (AvgIpc) is 3.09. The monoisotopic (exact) mass is 510 g/mol. The largest absolute Gasteiger partial charge is 0.322 e. The molecule has 2 atom stereocenters. The summed E-state index contributed by atoms with van der Waals surface area (Å²) in [5.74, 6) is -2.12. The maximum absolute atomic E-state index is 13.9. The maximum atomic E-state index is 13.9. The van der Waals surface area contributed by atoms with E-state index in [2.05, 4.69) is 10.3 Å². The van der Waals surface area contributed by atoms with E-state index in [0.717, 1.165) is 40.8 Å². The van der Waals surface area contributed by atoms with Gasteiger partial charge in [0.15, 0.2) is 0 Å². The first-order valence-electron chi connectivity index (χ1n) is 10.7. The number of aryl methyl sites for hydroxylation is 1. The second kappa shape index (κ2) is 9.16. The molecular weight excluding hydrogens is 486 g/mol. The van der Waals surface area contributed by atoms with Crippen molar-refractivity contribution in [3.63, 3.8) is 0 Å². The number of aromatic nitrogens is 2. The predicted octanol–water partition coefficient (Wildman–Crippen LogP) is 3.35. The van der Waals surface area contributed by atoms with Gasteiger partial charge in [0.25, 0.3) is 5.56 Å². The van der Waals surface area contributed by atoms with Crippen LogP contribution in [0.3, 0.4) is 0 Å². The van der Waals surface area contributed by atoms with Crippen LogP contribution in [0.2, 0.25) is 0 Å². The standard InChI is InChI=1S/C22H24F2N4O4S2/c1-12-6-13(2)9-28(8-12)34(31,32)20-14(3)33-21-19(20)22(30)27(11-25-21)10-18(29)26-17-5-4-15(23)7-16(17)24/h4-5,7,11-13H,6,8-10H2,1-3H3,(H,26,29)/t12-,13+. The summed E-state index contributed by atoms with van der Waals surface area (Å²) in [6.45, 7) is 5.82. The first-order valence-corrected chi connectivity index (χ1v) is 13.0. The zero-order chi connectivity index (χ0) is 24.8. The SMILES string of the molecule is Cc1sc2ncn(CC(=O)Nc3ccc(F)cc3F)c(=O)c2c1S(=O)(=O)N1C[C@H](C)C[C@H](C)C1. The number of hydrogen-bond acceptors (Lipinski definition) is 6. The van der Waals surface area contributed by atoms with Crippen molar-refractivity contribution in [3.05, 3.63) is 51.4 Å². The van der Waals surface area contributed by atoms with Crippen LogP contribution in [0.1, 0.15) is 25.1 Å². The molecule has 12 heteroatoms. The van der Waals surface area contributed by atoms with Gasteiger partial charge in [-0.3, -0.25) is 14.2 Å². The number of nitrogens with one attached hydrogen (secondary N) is 1. The zero-order valence-corrected chi connectivity index (χ0v) is 20.5. The van der Waals surface area contributed by atoms with Crippen LogP contribution in [-0.4, -0.2) is 41.3 Å². The molecule has 1 aliphatic rings. The molecule has 0 radical (unpaired) electrons. The molecular formula is C22H24F2N4O4S2. The molecule has 3 heterocycles. The Bertz CT molecular complexity index is 1420. The van der Waals surface area contributed by atoms with Crippen molar-refractivity contribution in [3.8, 4) is 0 Å². The van der Waals surface area contributed by atoms with Gasteiger partial charge in [-0.2, -0.15) is 4.31 Å². The van der Waals surface area contributed by atoms with Crippen molar-refractivity contribution >= 4 is 43.2 Å². The highest BCUT2D eigenvalue weighted by molar-refractivity contribution is 7.89. The fourth-order valence-corrected chi connectivity index (χ4v) is 7.75. The van der Waals surface area contributed by atoms with Crippen LogP contribution >= 0.6 is 11.3 Å². The van der Waals surface area contributed by atoms with Crippen molar-refractivity contribution in [2.75, 3.05) is 18.4 Å². The maximum Gasteiger partial charge on any atom is 0.263 e. The molecule has 0 spiro atoms. The Hall–Kier alpha value is -2.70. The number of halogens is 2. The van der Waals surface area contributed by atoms with Crippen molar-refractivity contribution in [2.24, 2.45) is 11.8 Å². The minimum atomic E-state index is -3.96. The van der Waals surface area contributed by atoms with E-state index in [1.54, 1.807) is 6.92 Å². The molecule has 1 aliphatic heterocycles. The zero-order valence-electron chi connectivity index (χ0n) is 18.8. The highest BCUT2D eigenvalue weighted by Gasteiger charge is 2.35. The second-order valence-corrected chi connectivity index (χ2v) is 11.9. The number of piperidine rings is 1. The van der Waals surface area contributed by atoms with E-state index in [4.69, 9.17) is 0 Å². The Kier molecular flexibility index (Phi) is 6.58. The first-order chi connectivity index (χ1) is 16.0. The topological polar surface area (TPSA) is 101 Å². The fourth-order valence-electron chi connectivity index (χ4n) is 4.40. The lowest BCUT2D eigenvalue weighted by Gasteiger charge is -2.34. The smallest absolute Gasteiger partial charge is 0.263 e. The molecule has 0 saturated carbocycles. The molecule has 34 heavy (non-hydrogen) atoms. The predicted molar refractivity (Wildman–Crippen MR) is 125 cm³/mol. The summed E-state index contributed by atoms with van der Waals surface area (Å²) in [4.78, 5) is 30.5. The number of thiophene rings is 1. The Morgan fingerprint density at radius 1 is 1.24 bits per heavy atom. The van der Waals surface area contributed by atoms with E-state index in [0.29, 0.717) is 24.0 Å². The van der Waals surface area contributed by atoms with Gasteiger partial charge in [-0.1, -0.05) is 13.8 Å². The molecule has 1 amide bonds. The summed E-state index contributed by atoms with van der Waals surface area (Å²) in [7, 11) is -3.96. The quantitative estimate of drug-likeness (QED) is 0.567. The molecule has 8 nitrogen and oxygen atoms in total. The number of benzene rings is 1. The summed E-state index contributed by atoms with van der Waals surface area (Å²) in [6, 6.07) is 2.69. The van der Waals surface area contributed by atoms with Gasteiger partial charge in [0.05, 0.1) is 17.4 Å². The third-order valence-corrected chi connectivity index (χ3v) is 8.90. The lowest BCUT2D eigenvalue weighted by Crippen LogP contribution is -2.42. The number of nitrogens with zero attached hydrogens (tertiary/aromatic N) is 3. The van der Waals surface area contributed by atoms with Crippen LogP contribution in [0.5, 0.6) is 0 Å². The lowest BCUT2D eigenvalue weighted by molar-refractivity contribution is -0.116. The van der Waals surface area contributed by atoms with Crippen LogP contribution in [0.15, 0.2) is 34.2 Å². The normalized spacial score (nSPS) is 19.4. The lowest BCUT2D eigenvalue weighted by atomic mass is 9.94. The number of carbonyl (C=O) groups is 1. The van der Waals surface area contributed by atoms with Crippen LogP contribution in [-0.2, 0) is 21.4 Å². The van der Waals surface area contributed by atoms with Gasteiger partial charge >= 0.3 is 0 Å². The van der Waals surface area contributed by atoms with Gasteiger partial charge in [0, 0.05) is 24.0 Å². The van der Waals surface area contributed by atoms with E-state index in [9.17, 15) is 26.8 Å². The van der Waals surface area contributed by atoms with Gasteiger partial charge in [0.2, 0.25) is 15.9 Å². The average molecular weight is 511 g/mol. The number of rotatable bonds is 5. The Labute approximate surface area is 199 Å². The summed E-state index contributed by atoms with van der Waals surface area (Å²) in [6.07, 6.45) is 2.08. The highest BCUT2D eigenvalue weighted by Crippen LogP contribution is 2.35. The molecule has 0 bridgehead atoms. The molecule has 1 saturated heterocycles. The minimum absolute atomic E-state index is 0.0587. The number of fused-ring (bicyclic) bond motifs is 1. The van der Waals surface area contributed by atoms with Crippen LogP contribution < -0.4 is 10.9 Å². The molecule has 0 unspecified atom stereocenters. The first kappa shape index (κ1) is 24.4. The Balaban J connectivity index is 1.69. The Morgan fingerprint density at radius 2 is 1.91 bits per heavy atom. The highest BCUT2D eigenvalue weighted by atomic mass is 32.2. The fraction of sp³-hybridized carbons (Fsp3) is 0.409. The molecule has 1 N–H and O–H groups in total. The Morgan fingerprint density at radius 3 is 2.56 bits per heavy atom. The van der Waals surface area contributed by atoms with Crippen LogP contribution in [0, 0.1) is 30.4 Å². The number of sulfonamides is 1. The van der Waals surface area contributed by atoms with Gasteiger partial charge in [0.1, 0.15) is 27.9 Å². The molecule has 1 fully saturated rings.